The smallest absolute Gasteiger partial charge is 0.325 e. The van der Waals surface area contributed by atoms with Crippen molar-refractivity contribution < 1.29 is 17.9 Å². The van der Waals surface area contributed by atoms with Gasteiger partial charge in [0.05, 0.1) is 6.61 Å². The van der Waals surface area contributed by atoms with Crippen molar-refractivity contribution in [2.75, 3.05) is 13.2 Å². The molecule has 9 nitrogen and oxygen atoms in total. The fourth-order valence-electron chi connectivity index (χ4n) is 2.22. The van der Waals surface area contributed by atoms with Crippen LogP contribution in [0.3, 0.4) is 0 Å². The van der Waals surface area contributed by atoms with Crippen molar-refractivity contribution >= 4 is 16.0 Å². The number of aromatic amines is 2. The highest BCUT2D eigenvalue weighted by molar-refractivity contribution is 7.89. The third-order valence-corrected chi connectivity index (χ3v) is 5.05. The minimum absolute atomic E-state index is 0.115. The van der Waals surface area contributed by atoms with Crippen molar-refractivity contribution in [3.8, 4) is 0 Å². The molecule has 0 aliphatic carbocycles. The predicted octanol–water partition coefficient (Wildman–Crippen LogP) is -1.22. The fraction of sp³-hybridized carbons (Fsp3) is 0.545. The van der Waals surface area contributed by atoms with Crippen LogP contribution in [0.25, 0.3) is 0 Å². The van der Waals surface area contributed by atoms with Crippen LogP contribution in [0, 0.1) is 0 Å². The Morgan fingerprint density at radius 2 is 2.19 bits per heavy atom. The number of esters is 1. The van der Waals surface area contributed by atoms with Crippen LogP contribution in [-0.2, 0) is 19.6 Å². The Morgan fingerprint density at radius 3 is 2.81 bits per heavy atom. The van der Waals surface area contributed by atoms with Gasteiger partial charge in [-0.25, -0.2) is 13.2 Å². The largest absolute Gasteiger partial charge is 0.465 e. The Labute approximate surface area is 120 Å². The van der Waals surface area contributed by atoms with Gasteiger partial charge in [0.15, 0.2) is 4.90 Å². The molecule has 0 bridgehead atoms. The maximum atomic E-state index is 12.5. The molecule has 0 aromatic carbocycles. The molecule has 10 heteroatoms. The lowest BCUT2D eigenvalue weighted by Gasteiger charge is -2.21. The number of ether oxygens (including phenoxy) is 1. The highest BCUT2D eigenvalue weighted by Crippen LogP contribution is 2.25. The average Bonchev–Trinajstić information content (AvgIpc) is 2.88. The van der Waals surface area contributed by atoms with Crippen LogP contribution >= 0.6 is 0 Å². The molecule has 0 radical (unpaired) electrons. The summed E-state index contributed by atoms with van der Waals surface area (Å²) in [7, 11) is -4.18. The van der Waals surface area contributed by atoms with Crippen molar-refractivity contribution in [1.29, 1.82) is 0 Å². The van der Waals surface area contributed by atoms with Gasteiger partial charge >= 0.3 is 11.7 Å². The van der Waals surface area contributed by atoms with Crippen LogP contribution in [0.4, 0.5) is 0 Å². The number of hydrogen-bond donors (Lipinski definition) is 2. The summed E-state index contributed by atoms with van der Waals surface area (Å²) in [5.41, 5.74) is -1.82. The van der Waals surface area contributed by atoms with E-state index in [9.17, 15) is 22.8 Å². The zero-order chi connectivity index (χ0) is 15.6. The van der Waals surface area contributed by atoms with Crippen molar-refractivity contribution in [2.24, 2.45) is 0 Å². The summed E-state index contributed by atoms with van der Waals surface area (Å²) in [5.74, 6) is -0.639. The first-order valence-electron chi connectivity index (χ1n) is 6.38. The van der Waals surface area contributed by atoms with E-state index in [-0.39, 0.29) is 13.2 Å². The molecule has 0 saturated carbocycles. The lowest BCUT2D eigenvalue weighted by Crippen LogP contribution is -2.43. The Balaban J connectivity index is 2.41. The van der Waals surface area contributed by atoms with Gasteiger partial charge in [-0.15, -0.1) is 0 Å². The van der Waals surface area contributed by atoms with Gasteiger partial charge in [0.25, 0.3) is 15.6 Å². The summed E-state index contributed by atoms with van der Waals surface area (Å²) in [4.78, 5) is 37.8. The van der Waals surface area contributed by atoms with Crippen LogP contribution in [0.15, 0.2) is 20.7 Å². The van der Waals surface area contributed by atoms with Crippen LogP contribution in [-0.4, -0.2) is 47.9 Å². The van der Waals surface area contributed by atoms with E-state index in [4.69, 9.17) is 4.74 Å². The van der Waals surface area contributed by atoms with E-state index < -0.39 is 38.2 Å². The maximum Gasteiger partial charge on any atom is 0.325 e. The van der Waals surface area contributed by atoms with Crippen LogP contribution in [0.5, 0.6) is 0 Å². The number of aromatic nitrogens is 2. The van der Waals surface area contributed by atoms with Crippen molar-refractivity contribution in [2.45, 2.75) is 30.7 Å². The minimum atomic E-state index is -4.18. The molecule has 1 aliphatic heterocycles. The monoisotopic (exact) mass is 317 g/mol. The highest BCUT2D eigenvalue weighted by atomic mass is 32.2. The normalized spacial score (nSPS) is 19.6. The predicted molar refractivity (Wildman–Crippen MR) is 71.2 cm³/mol. The molecular weight excluding hydrogens is 302 g/mol. The van der Waals surface area contributed by atoms with Gasteiger partial charge in [-0.05, 0) is 19.8 Å². The third kappa shape index (κ3) is 2.90. The third-order valence-electron chi connectivity index (χ3n) is 3.13. The number of H-pyrrole nitrogens is 2. The minimum Gasteiger partial charge on any atom is -0.465 e. The van der Waals surface area contributed by atoms with Crippen LogP contribution in [0.2, 0.25) is 0 Å². The van der Waals surface area contributed by atoms with E-state index in [2.05, 4.69) is 4.98 Å². The lowest BCUT2D eigenvalue weighted by molar-refractivity contribution is -0.146. The summed E-state index contributed by atoms with van der Waals surface area (Å²) in [6, 6.07) is -0.943. The first-order valence-corrected chi connectivity index (χ1v) is 7.82. The molecule has 1 aliphatic rings. The molecule has 1 saturated heterocycles. The molecule has 2 heterocycles. The topological polar surface area (TPSA) is 129 Å². The fourth-order valence-corrected chi connectivity index (χ4v) is 3.86. The molecule has 1 fully saturated rings. The Kier molecular flexibility index (Phi) is 4.28. The number of carbonyl (C=O) groups excluding carboxylic acids is 1. The van der Waals surface area contributed by atoms with E-state index in [0.29, 0.717) is 12.8 Å². The summed E-state index contributed by atoms with van der Waals surface area (Å²) in [6.45, 7) is 1.88. The summed E-state index contributed by atoms with van der Waals surface area (Å²) >= 11 is 0. The van der Waals surface area contributed by atoms with E-state index in [1.54, 1.807) is 6.92 Å². The first kappa shape index (κ1) is 15.4. The number of nitrogens with zero attached hydrogens (tertiary/aromatic N) is 1. The molecule has 1 aromatic rings. The molecule has 1 aromatic heterocycles. The molecule has 1 unspecified atom stereocenters. The molecule has 1 atom stereocenters. The molecule has 2 rings (SSSR count). The number of sulfonamides is 1. The number of carbonyl (C=O) groups is 1. The van der Waals surface area contributed by atoms with E-state index in [0.717, 1.165) is 10.5 Å². The molecule has 2 N–H and O–H groups in total. The maximum absolute atomic E-state index is 12.5. The van der Waals surface area contributed by atoms with Gasteiger partial charge in [-0.3, -0.25) is 14.6 Å². The second-order valence-electron chi connectivity index (χ2n) is 4.46. The van der Waals surface area contributed by atoms with Crippen molar-refractivity contribution in [1.82, 2.24) is 14.3 Å². The zero-order valence-corrected chi connectivity index (χ0v) is 12.1. The van der Waals surface area contributed by atoms with E-state index in [1.807, 2.05) is 4.98 Å². The van der Waals surface area contributed by atoms with E-state index in [1.165, 1.54) is 0 Å². The Morgan fingerprint density at radius 1 is 1.48 bits per heavy atom. The Bertz CT molecular complexity index is 750. The summed E-state index contributed by atoms with van der Waals surface area (Å²) in [6.07, 6.45) is 1.65. The van der Waals surface area contributed by atoms with Gasteiger partial charge in [-0.1, -0.05) is 0 Å². The second kappa shape index (κ2) is 5.82. The van der Waals surface area contributed by atoms with Gasteiger partial charge < -0.3 is 9.72 Å². The van der Waals surface area contributed by atoms with Gasteiger partial charge in [-0.2, -0.15) is 4.31 Å². The SMILES string of the molecule is CCOC(=O)C1CCCN1S(=O)(=O)c1c[nH]c(=O)[nH]c1=O. The molecule has 0 spiro atoms. The standard InChI is InChI=1S/C11H15N3O6S/c1-2-20-10(16)7-4-3-5-14(7)21(18,19)8-6-12-11(17)13-9(8)15/h6-7H,2-5H2,1H3,(H2,12,13,15,17). The quantitative estimate of drug-likeness (QED) is 0.670. The van der Waals surface area contributed by atoms with Crippen molar-refractivity contribution in [3.05, 3.63) is 27.0 Å². The van der Waals surface area contributed by atoms with E-state index >= 15 is 0 Å². The van der Waals surface area contributed by atoms with Gasteiger partial charge in [0.1, 0.15) is 6.04 Å². The van der Waals surface area contributed by atoms with Gasteiger partial charge in [0, 0.05) is 12.7 Å². The molecule has 116 valence electrons. The molecule has 0 amide bonds. The molecule has 21 heavy (non-hydrogen) atoms. The average molecular weight is 317 g/mol. The molecular formula is C11H15N3O6S. The highest BCUT2D eigenvalue weighted by Gasteiger charge is 2.41. The summed E-state index contributed by atoms with van der Waals surface area (Å²) in [5, 5.41) is 0. The van der Waals surface area contributed by atoms with Crippen LogP contribution in [0.1, 0.15) is 19.8 Å². The zero-order valence-electron chi connectivity index (χ0n) is 11.3. The number of rotatable bonds is 4. The van der Waals surface area contributed by atoms with Gasteiger partial charge in [0.2, 0.25) is 0 Å². The van der Waals surface area contributed by atoms with Crippen LogP contribution < -0.4 is 11.2 Å². The summed E-state index contributed by atoms with van der Waals surface area (Å²) < 4.78 is 30.7. The number of nitrogens with one attached hydrogen (secondary N) is 2. The van der Waals surface area contributed by atoms with Crippen molar-refractivity contribution in [3.63, 3.8) is 0 Å². The second-order valence-corrected chi connectivity index (χ2v) is 6.32. The lowest BCUT2D eigenvalue weighted by atomic mass is 10.2. The number of hydrogen-bond acceptors (Lipinski definition) is 6. The Hall–Kier alpha value is -1.94. The first-order chi connectivity index (χ1) is 9.87.